The van der Waals surface area contributed by atoms with Crippen LogP contribution < -0.4 is 0 Å². The minimum atomic E-state index is 0.567. The summed E-state index contributed by atoms with van der Waals surface area (Å²) in [5.41, 5.74) is 0. The molecule has 0 heterocycles. The van der Waals surface area contributed by atoms with E-state index in [1.165, 1.54) is 0 Å². The van der Waals surface area contributed by atoms with Crippen molar-refractivity contribution in [1.29, 1.82) is 0 Å². The van der Waals surface area contributed by atoms with Crippen molar-refractivity contribution in [2.75, 3.05) is 5.33 Å². The molecule has 0 bridgehead atoms. The van der Waals surface area contributed by atoms with Crippen molar-refractivity contribution in [3.05, 3.63) is 0 Å². The summed E-state index contributed by atoms with van der Waals surface area (Å²) >= 11 is 3.37. The Morgan fingerprint density at radius 1 is 1.50 bits per heavy atom. The fourth-order valence-corrected chi connectivity index (χ4v) is 1.58. The SMILES string of the molecule is CC(C)C(CC=O)CCBr. The lowest BCUT2D eigenvalue weighted by molar-refractivity contribution is -0.108. The molecule has 0 amide bonds. The van der Waals surface area contributed by atoms with Gasteiger partial charge in [0.25, 0.3) is 0 Å². The van der Waals surface area contributed by atoms with Crippen molar-refractivity contribution in [1.82, 2.24) is 0 Å². The maximum atomic E-state index is 10.2. The van der Waals surface area contributed by atoms with Crippen LogP contribution in [-0.2, 0) is 4.79 Å². The van der Waals surface area contributed by atoms with E-state index in [2.05, 4.69) is 29.8 Å². The molecule has 0 aliphatic rings. The van der Waals surface area contributed by atoms with Gasteiger partial charge in [0, 0.05) is 11.8 Å². The molecule has 0 N–H and O–H groups in total. The molecule has 0 radical (unpaired) electrons. The van der Waals surface area contributed by atoms with E-state index in [0.29, 0.717) is 18.3 Å². The summed E-state index contributed by atoms with van der Waals surface area (Å²) < 4.78 is 0. The molecule has 0 spiro atoms. The van der Waals surface area contributed by atoms with Crippen LogP contribution in [0.25, 0.3) is 0 Å². The third kappa shape index (κ3) is 4.04. The zero-order valence-corrected chi connectivity index (χ0v) is 8.23. The zero-order chi connectivity index (χ0) is 7.98. The Bertz CT molecular complexity index is 91.3. The molecule has 1 nitrogen and oxygen atoms in total. The number of hydrogen-bond acceptors (Lipinski definition) is 1. The van der Waals surface area contributed by atoms with Gasteiger partial charge >= 0.3 is 0 Å². The highest BCUT2D eigenvalue weighted by molar-refractivity contribution is 9.09. The quantitative estimate of drug-likeness (QED) is 0.500. The van der Waals surface area contributed by atoms with Gasteiger partial charge in [-0.05, 0) is 18.3 Å². The average molecular weight is 207 g/mol. The Labute approximate surface area is 71.3 Å². The maximum Gasteiger partial charge on any atom is 0.120 e. The van der Waals surface area contributed by atoms with Gasteiger partial charge in [0.05, 0.1) is 0 Å². The second kappa shape index (κ2) is 5.90. The summed E-state index contributed by atoms with van der Waals surface area (Å²) in [6, 6.07) is 0. The summed E-state index contributed by atoms with van der Waals surface area (Å²) in [7, 11) is 0. The highest BCUT2D eigenvalue weighted by Gasteiger charge is 2.10. The molecular weight excluding hydrogens is 192 g/mol. The number of halogens is 1. The van der Waals surface area contributed by atoms with Crippen LogP contribution in [0, 0.1) is 11.8 Å². The number of aldehydes is 1. The predicted octanol–water partition coefficient (Wildman–Crippen LogP) is 2.63. The van der Waals surface area contributed by atoms with E-state index in [0.717, 1.165) is 18.0 Å². The highest BCUT2D eigenvalue weighted by Crippen LogP contribution is 2.18. The second-order valence-electron chi connectivity index (χ2n) is 2.88. The van der Waals surface area contributed by atoms with E-state index < -0.39 is 0 Å². The Kier molecular flexibility index (Phi) is 5.99. The lowest BCUT2D eigenvalue weighted by Gasteiger charge is -2.15. The van der Waals surface area contributed by atoms with E-state index >= 15 is 0 Å². The van der Waals surface area contributed by atoms with Gasteiger partial charge in [-0.25, -0.2) is 0 Å². The van der Waals surface area contributed by atoms with Crippen LogP contribution in [0.2, 0.25) is 0 Å². The average Bonchev–Trinajstić information content (AvgIpc) is 1.87. The van der Waals surface area contributed by atoms with Crippen LogP contribution in [0.1, 0.15) is 26.7 Å². The van der Waals surface area contributed by atoms with Gasteiger partial charge in [0.2, 0.25) is 0 Å². The third-order valence-corrected chi connectivity index (χ3v) is 2.28. The van der Waals surface area contributed by atoms with Gasteiger partial charge in [0.15, 0.2) is 0 Å². The number of hydrogen-bond donors (Lipinski definition) is 0. The molecule has 0 aliphatic heterocycles. The van der Waals surface area contributed by atoms with E-state index in [4.69, 9.17) is 0 Å². The first-order valence-electron chi connectivity index (χ1n) is 3.72. The summed E-state index contributed by atoms with van der Waals surface area (Å²) in [5.74, 6) is 1.19. The summed E-state index contributed by atoms with van der Waals surface area (Å²) in [6.07, 6.45) is 2.84. The van der Waals surface area contributed by atoms with Crippen LogP contribution in [0.3, 0.4) is 0 Å². The third-order valence-electron chi connectivity index (χ3n) is 1.82. The molecule has 0 aromatic carbocycles. The molecule has 0 rings (SSSR count). The fourth-order valence-electron chi connectivity index (χ4n) is 0.987. The molecule has 10 heavy (non-hydrogen) atoms. The smallest absolute Gasteiger partial charge is 0.120 e. The molecule has 1 unspecified atom stereocenters. The number of rotatable bonds is 5. The van der Waals surface area contributed by atoms with Crippen LogP contribution >= 0.6 is 15.9 Å². The van der Waals surface area contributed by atoms with Crippen LogP contribution in [0.5, 0.6) is 0 Å². The molecule has 0 aromatic heterocycles. The first-order valence-corrected chi connectivity index (χ1v) is 4.84. The van der Waals surface area contributed by atoms with Gasteiger partial charge in [-0.3, -0.25) is 0 Å². The normalized spacial score (nSPS) is 13.6. The molecule has 0 aromatic rings. The van der Waals surface area contributed by atoms with Crippen molar-refractivity contribution < 1.29 is 4.79 Å². The van der Waals surface area contributed by atoms with Gasteiger partial charge in [0.1, 0.15) is 6.29 Å². The molecule has 1 atom stereocenters. The Morgan fingerprint density at radius 3 is 2.40 bits per heavy atom. The van der Waals surface area contributed by atoms with E-state index in [1.807, 2.05) is 0 Å². The largest absolute Gasteiger partial charge is 0.303 e. The van der Waals surface area contributed by atoms with Crippen LogP contribution in [0.4, 0.5) is 0 Å². The molecule has 60 valence electrons. The minimum absolute atomic E-state index is 0.567. The van der Waals surface area contributed by atoms with Crippen molar-refractivity contribution in [3.8, 4) is 0 Å². The van der Waals surface area contributed by atoms with E-state index in [-0.39, 0.29) is 0 Å². The summed E-state index contributed by atoms with van der Waals surface area (Å²) in [5, 5.41) is 1.00. The fraction of sp³-hybridized carbons (Fsp3) is 0.875. The second-order valence-corrected chi connectivity index (χ2v) is 3.68. The van der Waals surface area contributed by atoms with E-state index in [9.17, 15) is 4.79 Å². The highest BCUT2D eigenvalue weighted by atomic mass is 79.9. The predicted molar refractivity (Wildman–Crippen MR) is 47.4 cm³/mol. The van der Waals surface area contributed by atoms with Crippen molar-refractivity contribution >= 4 is 22.2 Å². The number of alkyl halides is 1. The van der Waals surface area contributed by atoms with Gasteiger partial charge in [-0.15, -0.1) is 0 Å². The minimum Gasteiger partial charge on any atom is -0.303 e. The zero-order valence-electron chi connectivity index (χ0n) is 6.64. The Balaban J connectivity index is 3.60. The Morgan fingerprint density at radius 2 is 2.10 bits per heavy atom. The van der Waals surface area contributed by atoms with Gasteiger partial charge in [-0.2, -0.15) is 0 Å². The number of carbonyl (C=O) groups excluding carboxylic acids is 1. The van der Waals surface area contributed by atoms with Crippen molar-refractivity contribution in [3.63, 3.8) is 0 Å². The van der Waals surface area contributed by atoms with Gasteiger partial charge in [-0.1, -0.05) is 29.8 Å². The monoisotopic (exact) mass is 206 g/mol. The molecule has 0 saturated heterocycles. The summed E-state index contributed by atoms with van der Waals surface area (Å²) in [4.78, 5) is 10.2. The van der Waals surface area contributed by atoms with Gasteiger partial charge < -0.3 is 4.79 Å². The molecule has 2 heteroatoms. The molecule has 0 aliphatic carbocycles. The Hall–Kier alpha value is 0.150. The first kappa shape index (κ1) is 10.2. The van der Waals surface area contributed by atoms with E-state index in [1.54, 1.807) is 0 Å². The standard InChI is InChI=1S/C8H15BrO/c1-7(2)8(3-5-9)4-6-10/h6-8H,3-5H2,1-2H3. The van der Waals surface area contributed by atoms with Crippen LogP contribution in [-0.4, -0.2) is 11.6 Å². The molecule has 0 saturated carbocycles. The summed E-state index contributed by atoms with van der Waals surface area (Å²) in [6.45, 7) is 4.33. The lowest BCUT2D eigenvalue weighted by Crippen LogP contribution is -2.09. The van der Waals surface area contributed by atoms with Crippen molar-refractivity contribution in [2.45, 2.75) is 26.7 Å². The number of carbonyl (C=O) groups is 1. The topological polar surface area (TPSA) is 17.1 Å². The lowest BCUT2D eigenvalue weighted by atomic mass is 9.91. The molecule has 0 fully saturated rings. The first-order chi connectivity index (χ1) is 4.72. The van der Waals surface area contributed by atoms with Crippen molar-refractivity contribution in [2.24, 2.45) is 11.8 Å². The van der Waals surface area contributed by atoms with Crippen LogP contribution in [0.15, 0.2) is 0 Å². The molecular formula is C8H15BrO. The maximum absolute atomic E-state index is 10.2.